The SMILES string of the molecule is COc1ccc(Nc2cc(C)nc(CN(C)Cc3ccccc3)n2)cc1. The van der Waals surface area contributed by atoms with Gasteiger partial charge in [-0.1, -0.05) is 30.3 Å². The fourth-order valence-corrected chi connectivity index (χ4v) is 2.78. The summed E-state index contributed by atoms with van der Waals surface area (Å²) in [6, 6.07) is 20.1. The summed E-state index contributed by atoms with van der Waals surface area (Å²) in [5, 5.41) is 3.33. The number of hydrogen-bond acceptors (Lipinski definition) is 5. The average molecular weight is 348 g/mol. The van der Waals surface area contributed by atoms with Crippen molar-refractivity contribution in [3.05, 3.63) is 77.7 Å². The first kappa shape index (κ1) is 17.9. The zero-order valence-electron chi connectivity index (χ0n) is 15.4. The van der Waals surface area contributed by atoms with E-state index in [0.29, 0.717) is 6.54 Å². The van der Waals surface area contributed by atoms with Crippen LogP contribution in [0.15, 0.2) is 60.7 Å². The van der Waals surface area contributed by atoms with Crippen LogP contribution in [0.1, 0.15) is 17.1 Å². The molecule has 26 heavy (non-hydrogen) atoms. The summed E-state index contributed by atoms with van der Waals surface area (Å²) in [6.07, 6.45) is 0. The van der Waals surface area contributed by atoms with E-state index in [0.717, 1.165) is 35.3 Å². The molecule has 0 amide bonds. The predicted octanol–water partition coefficient (Wildman–Crippen LogP) is 4.17. The van der Waals surface area contributed by atoms with Gasteiger partial charge in [-0.15, -0.1) is 0 Å². The summed E-state index contributed by atoms with van der Waals surface area (Å²) in [7, 11) is 3.74. The first-order valence-corrected chi connectivity index (χ1v) is 8.60. The van der Waals surface area contributed by atoms with E-state index in [1.54, 1.807) is 7.11 Å². The summed E-state index contributed by atoms with van der Waals surface area (Å²) in [5.41, 5.74) is 3.19. The minimum Gasteiger partial charge on any atom is -0.497 e. The molecule has 3 aromatic rings. The maximum Gasteiger partial charge on any atom is 0.144 e. The third-order valence-corrected chi connectivity index (χ3v) is 3.97. The number of nitrogens with zero attached hydrogens (tertiary/aromatic N) is 3. The molecule has 2 aromatic carbocycles. The Labute approximate surface area is 154 Å². The first-order chi connectivity index (χ1) is 12.6. The van der Waals surface area contributed by atoms with Crippen LogP contribution in [-0.2, 0) is 13.1 Å². The zero-order chi connectivity index (χ0) is 18.4. The van der Waals surface area contributed by atoms with Crippen LogP contribution in [0.4, 0.5) is 11.5 Å². The zero-order valence-corrected chi connectivity index (χ0v) is 15.4. The Bertz CT molecular complexity index is 834. The summed E-state index contributed by atoms with van der Waals surface area (Å²) in [6.45, 7) is 3.54. The molecular formula is C21H24N4O. The number of anilines is 2. The monoisotopic (exact) mass is 348 g/mol. The number of rotatable bonds is 7. The Balaban J connectivity index is 1.68. The van der Waals surface area contributed by atoms with Crippen molar-refractivity contribution in [2.45, 2.75) is 20.0 Å². The number of aryl methyl sites for hydroxylation is 1. The fraction of sp³-hybridized carbons (Fsp3) is 0.238. The molecule has 0 saturated heterocycles. The fourth-order valence-electron chi connectivity index (χ4n) is 2.78. The van der Waals surface area contributed by atoms with Crippen LogP contribution in [0.5, 0.6) is 5.75 Å². The van der Waals surface area contributed by atoms with Crippen molar-refractivity contribution >= 4 is 11.5 Å². The predicted molar refractivity (Wildman–Crippen MR) is 105 cm³/mol. The summed E-state index contributed by atoms with van der Waals surface area (Å²) < 4.78 is 5.19. The topological polar surface area (TPSA) is 50.3 Å². The molecule has 0 aliphatic rings. The molecule has 0 atom stereocenters. The Morgan fingerprint density at radius 1 is 0.962 bits per heavy atom. The number of nitrogens with one attached hydrogen (secondary N) is 1. The molecule has 0 unspecified atom stereocenters. The molecule has 0 spiro atoms. The van der Waals surface area contributed by atoms with E-state index in [-0.39, 0.29) is 0 Å². The molecule has 1 aromatic heterocycles. The normalized spacial score (nSPS) is 10.8. The molecule has 1 N–H and O–H groups in total. The summed E-state index contributed by atoms with van der Waals surface area (Å²) in [4.78, 5) is 11.4. The highest BCUT2D eigenvalue weighted by Crippen LogP contribution is 2.19. The van der Waals surface area contributed by atoms with Gasteiger partial charge in [0.25, 0.3) is 0 Å². The van der Waals surface area contributed by atoms with Gasteiger partial charge in [0, 0.05) is 24.0 Å². The lowest BCUT2D eigenvalue weighted by Crippen LogP contribution is -2.19. The van der Waals surface area contributed by atoms with Crippen molar-refractivity contribution in [1.29, 1.82) is 0 Å². The van der Waals surface area contributed by atoms with E-state index in [9.17, 15) is 0 Å². The van der Waals surface area contributed by atoms with Gasteiger partial charge in [-0.2, -0.15) is 0 Å². The van der Waals surface area contributed by atoms with Crippen LogP contribution in [0.3, 0.4) is 0 Å². The number of benzene rings is 2. The standard InChI is InChI=1S/C21H24N4O/c1-16-13-20(23-18-9-11-19(26-3)12-10-18)24-21(22-16)15-25(2)14-17-7-5-4-6-8-17/h4-13H,14-15H2,1-3H3,(H,22,23,24). The molecule has 1 heterocycles. The molecule has 0 bridgehead atoms. The van der Waals surface area contributed by atoms with Crippen LogP contribution in [0.25, 0.3) is 0 Å². The number of methoxy groups -OCH3 is 1. The van der Waals surface area contributed by atoms with E-state index < -0.39 is 0 Å². The molecule has 5 heteroatoms. The molecule has 134 valence electrons. The van der Waals surface area contributed by atoms with E-state index in [2.05, 4.69) is 51.5 Å². The molecule has 5 nitrogen and oxygen atoms in total. The minimum absolute atomic E-state index is 0.688. The smallest absolute Gasteiger partial charge is 0.144 e. The lowest BCUT2D eigenvalue weighted by molar-refractivity contribution is 0.310. The Morgan fingerprint density at radius 2 is 1.69 bits per heavy atom. The van der Waals surface area contributed by atoms with Gasteiger partial charge in [-0.05, 0) is 43.8 Å². The van der Waals surface area contributed by atoms with Gasteiger partial charge in [-0.25, -0.2) is 9.97 Å². The number of aromatic nitrogens is 2. The van der Waals surface area contributed by atoms with Gasteiger partial charge in [-0.3, -0.25) is 4.90 Å². The Hall–Kier alpha value is -2.92. The number of hydrogen-bond donors (Lipinski definition) is 1. The highest BCUT2D eigenvalue weighted by molar-refractivity contribution is 5.57. The van der Waals surface area contributed by atoms with Crippen molar-refractivity contribution in [1.82, 2.24) is 14.9 Å². The quantitative estimate of drug-likeness (QED) is 0.694. The largest absolute Gasteiger partial charge is 0.497 e. The van der Waals surface area contributed by atoms with Crippen LogP contribution in [0.2, 0.25) is 0 Å². The highest BCUT2D eigenvalue weighted by Gasteiger charge is 2.07. The molecule has 0 fully saturated rings. The van der Waals surface area contributed by atoms with Gasteiger partial charge in [0.15, 0.2) is 0 Å². The van der Waals surface area contributed by atoms with Gasteiger partial charge in [0.2, 0.25) is 0 Å². The van der Waals surface area contributed by atoms with E-state index in [1.165, 1.54) is 5.56 Å². The van der Waals surface area contributed by atoms with Crippen LogP contribution < -0.4 is 10.1 Å². The third kappa shape index (κ3) is 5.04. The lowest BCUT2D eigenvalue weighted by Gasteiger charge is -2.17. The molecule has 0 radical (unpaired) electrons. The summed E-state index contributed by atoms with van der Waals surface area (Å²) in [5.74, 6) is 2.43. The molecule has 0 aliphatic heterocycles. The minimum atomic E-state index is 0.688. The van der Waals surface area contributed by atoms with Gasteiger partial charge in [0.1, 0.15) is 17.4 Å². The second-order valence-electron chi connectivity index (χ2n) is 6.32. The second kappa shape index (κ2) is 8.45. The van der Waals surface area contributed by atoms with Crippen LogP contribution in [-0.4, -0.2) is 29.0 Å². The van der Waals surface area contributed by atoms with Gasteiger partial charge >= 0.3 is 0 Å². The molecule has 0 saturated carbocycles. The van der Waals surface area contributed by atoms with Crippen LogP contribution in [0, 0.1) is 6.92 Å². The number of ether oxygens (including phenoxy) is 1. The third-order valence-electron chi connectivity index (χ3n) is 3.97. The second-order valence-corrected chi connectivity index (χ2v) is 6.32. The van der Waals surface area contributed by atoms with Gasteiger partial charge in [0.05, 0.1) is 13.7 Å². The summed E-state index contributed by atoms with van der Waals surface area (Å²) >= 11 is 0. The first-order valence-electron chi connectivity index (χ1n) is 8.60. The van der Waals surface area contributed by atoms with Crippen molar-refractivity contribution in [3.8, 4) is 5.75 Å². The maximum absolute atomic E-state index is 5.19. The molecule has 0 aliphatic carbocycles. The van der Waals surface area contributed by atoms with Crippen molar-refractivity contribution in [3.63, 3.8) is 0 Å². The maximum atomic E-state index is 5.19. The van der Waals surface area contributed by atoms with Crippen molar-refractivity contribution < 1.29 is 4.74 Å². The lowest BCUT2D eigenvalue weighted by atomic mass is 10.2. The Kier molecular flexibility index (Phi) is 5.81. The Morgan fingerprint density at radius 3 is 2.38 bits per heavy atom. The van der Waals surface area contributed by atoms with Crippen LogP contribution >= 0.6 is 0 Å². The van der Waals surface area contributed by atoms with Crippen molar-refractivity contribution in [2.24, 2.45) is 0 Å². The van der Waals surface area contributed by atoms with Gasteiger partial charge < -0.3 is 10.1 Å². The van der Waals surface area contributed by atoms with E-state index in [4.69, 9.17) is 4.74 Å². The highest BCUT2D eigenvalue weighted by atomic mass is 16.5. The molecular weight excluding hydrogens is 324 g/mol. The van der Waals surface area contributed by atoms with Crippen molar-refractivity contribution in [2.75, 3.05) is 19.5 Å². The average Bonchev–Trinajstić information content (AvgIpc) is 2.62. The van der Waals surface area contributed by atoms with E-state index >= 15 is 0 Å². The molecule has 3 rings (SSSR count). The van der Waals surface area contributed by atoms with E-state index in [1.807, 2.05) is 43.3 Å².